The first-order valence-corrected chi connectivity index (χ1v) is 9.84. The van der Waals surface area contributed by atoms with Crippen LogP contribution in [0.2, 0.25) is 0 Å². The molecule has 0 spiro atoms. The maximum atomic E-state index is 2.54. The second kappa shape index (κ2) is 32.1. The molecule has 1 saturated heterocycles. The minimum atomic E-state index is 0.884. The van der Waals surface area contributed by atoms with Crippen LogP contribution in [0.3, 0.4) is 0 Å². The van der Waals surface area contributed by atoms with Crippen molar-refractivity contribution in [2.75, 3.05) is 19.6 Å². The highest BCUT2D eigenvalue weighted by Crippen LogP contribution is 2.06. The molecule has 1 aliphatic heterocycles. The molecular weight excluding hydrogens is 254 g/mol. The van der Waals surface area contributed by atoms with E-state index in [9.17, 15) is 0 Å². The van der Waals surface area contributed by atoms with E-state index in [1.807, 2.05) is 27.7 Å². The molecule has 0 aromatic heterocycles. The van der Waals surface area contributed by atoms with Crippen molar-refractivity contribution in [1.29, 1.82) is 0 Å². The van der Waals surface area contributed by atoms with Crippen molar-refractivity contribution in [2.45, 2.75) is 108 Å². The van der Waals surface area contributed by atoms with Crippen molar-refractivity contribution >= 4 is 0 Å². The first kappa shape index (κ1) is 29.0. The summed E-state index contributed by atoms with van der Waals surface area (Å²) >= 11 is 0. The van der Waals surface area contributed by atoms with Crippen LogP contribution in [0.25, 0.3) is 0 Å². The largest absolute Gasteiger partial charge is 0.303 e. The SMILES string of the molecule is CC.CC.CCC(C)C.CCCC.CCCN1CCCC1. The second-order valence-corrected chi connectivity index (χ2v) is 5.35. The van der Waals surface area contributed by atoms with E-state index in [2.05, 4.69) is 46.4 Å². The second-order valence-electron chi connectivity index (χ2n) is 5.35. The zero-order valence-electron chi connectivity index (χ0n) is 17.4. The van der Waals surface area contributed by atoms with Gasteiger partial charge in [0, 0.05) is 0 Å². The average molecular weight is 304 g/mol. The number of hydrogen-bond acceptors (Lipinski definition) is 1. The smallest absolute Gasteiger partial charge is 0.00183 e. The molecule has 1 heterocycles. The van der Waals surface area contributed by atoms with E-state index in [1.54, 1.807) is 0 Å². The van der Waals surface area contributed by atoms with Gasteiger partial charge in [-0.05, 0) is 44.8 Å². The highest BCUT2D eigenvalue weighted by Gasteiger charge is 2.08. The Balaban J connectivity index is -0.0000000975. The Labute approximate surface area is 138 Å². The topological polar surface area (TPSA) is 3.24 Å². The minimum Gasteiger partial charge on any atom is -0.303 e. The van der Waals surface area contributed by atoms with Gasteiger partial charge in [0.2, 0.25) is 0 Å². The monoisotopic (exact) mass is 303 g/mol. The van der Waals surface area contributed by atoms with Gasteiger partial charge in [0.05, 0.1) is 0 Å². The van der Waals surface area contributed by atoms with E-state index in [-0.39, 0.29) is 0 Å². The van der Waals surface area contributed by atoms with Crippen LogP contribution in [-0.2, 0) is 0 Å². The molecule has 0 amide bonds. The molecule has 0 N–H and O–H groups in total. The van der Waals surface area contributed by atoms with Gasteiger partial charge >= 0.3 is 0 Å². The van der Waals surface area contributed by atoms with Crippen LogP contribution in [0.15, 0.2) is 0 Å². The normalized spacial score (nSPS) is 12.7. The van der Waals surface area contributed by atoms with Crippen LogP contribution in [0, 0.1) is 5.92 Å². The zero-order valence-corrected chi connectivity index (χ0v) is 17.4. The van der Waals surface area contributed by atoms with Crippen LogP contribution >= 0.6 is 0 Å². The van der Waals surface area contributed by atoms with E-state index >= 15 is 0 Å². The molecule has 21 heavy (non-hydrogen) atoms. The maximum Gasteiger partial charge on any atom is -0.00183 e. The van der Waals surface area contributed by atoms with Crippen molar-refractivity contribution in [3.05, 3.63) is 0 Å². The summed E-state index contributed by atoms with van der Waals surface area (Å²) in [4.78, 5) is 2.54. The van der Waals surface area contributed by atoms with Crippen molar-refractivity contribution < 1.29 is 0 Å². The van der Waals surface area contributed by atoms with Crippen LogP contribution in [-0.4, -0.2) is 24.5 Å². The zero-order chi connectivity index (χ0) is 17.5. The molecule has 1 fully saturated rings. The summed E-state index contributed by atoms with van der Waals surface area (Å²) in [5.41, 5.74) is 0. The van der Waals surface area contributed by atoms with Crippen molar-refractivity contribution in [3.8, 4) is 0 Å². The molecule has 0 aliphatic carbocycles. The van der Waals surface area contributed by atoms with Gasteiger partial charge < -0.3 is 4.90 Å². The third kappa shape index (κ3) is 38.3. The third-order valence-electron chi connectivity index (χ3n) is 3.06. The van der Waals surface area contributed by atoms with Crippen LogP contribution in [0.4, 0.5) is 0 Å². The third-order valence-corrected chi connectivity index (χ3v) is 3.06. The fourth-order valence-electron chi connectivity index (χ4n) is 1.32. The summed E-state index contributed by atoms with van der Waals surface area (Å²) < 4.78 is 0. The van der Waals surface area contributed by atoms with Crippen LogP contribution < -0.4 is 0 Å². The predicted octanol–water partition coefficient (Wildman–Crippen LogP) is 7.40. The molecule has 0 atom stereocenters. The Morgan fingerprint density at radius 1 is 0.714 bits per heavy atom. The van der Waals surface area contributed by atoms with E-state index in [0.717, 1.165) is 5.92 Å². The van der Waals surface area contributed by atoms with Gasteiger partial charge in [0.15, 0.2) is 0 Å². The Bertz CT molecular complexity index is 113. The maximum absolute atomic E-state index is 2.54. The summed E-state index contributed by atoms with van der Waals surface area (Å²) in [5, 5.41) is 0. The van der Waals surface area contributed by atoms with E-state index in [0.29, 0.717) is 0 Å². The van der Waals surface area contributed by atoms with Gasteiger partial charge in [-0.25, -0.2) is 0 Å². The Morgan fingerprint density at radius 2 is 1.05 bits per heavy atom. The lowest BCUT2D eigenvalue weighted by atomic mass is 10.2. The molecule has 1 aliphatic rings. The summed E-state index contributed by atoms with van der Waals surface area (Å²) in [6.45, 7) is 25.3. The number of unbranched alkanes of at least 4 members (excludes halogenated alkanes) is 1. The van der Waals surface area contributed by atoms with Crippen molar-refractivity contribution in [3.63, 3.8) is 0 Å². The van der Waals surface area contributed by atoms with E-state index in [4.69, 9.17) is 0 Å². The summed E-state index contributed by atoms with van der Waals surface area (Å²) in [6, 6.07) is 0. The summed E-state index contributed by atoms with van der Waals surface area (Å²) in [6.07, 6.45) is 8.12. The fraction of sp³-hybridized carbons (Fsp3) is 1.00. The van der Waals surface area contributed by atoms with Gasteiger partial charge in [-0.1, -0.05) is 88.5 Å². The molecule has 0 bridgehead atoms. The van der Waals surface area contributed by atoms with Gasteiger partial charge in [-0.2, -0.15) is 0 Å². The standard InChI is InChI=1S/C7H15N.C5H12.C4H10.2C2H6/c1-2-5-8-6-3-4-7-8;1-4-5(2)3;1-3-4-2;2*1-2/h2-7H2,1H3;5H,4H2,1-3H3;3-4H2,1-2H3;2*1-2H3. The Morgan fingerprint density at radius 3 is 1.24 bits per heavy atom. The van der Waals surface area contributed by atoms with Gasteiger partial charge in [-0.3, -0.25) is 0 Å². The Kier molecular flexibility index (Phi) is 44.3. The number of hydrogen-bond donors (Lipinski definition) is 0. The Hall–Kier alpha value is -0.0400. The fourth-order valence-corrected chi connectivity index (χ4v) is 1.32. The number of likely N-dealkylation sites (tertiary alicyclic amines) is 1. The molecule has 1 rings (SSSR count). The molecule has 1 heteroatoms. The number of nitrogens with zero attached hydrogens (tertiary/aromatic N) is 1. The van der Waals surface area contributed by atoms with Gasteiger partial charge in [0.1, 0.15) is 0 Å². The van der Waals surface area contributed by atoms with Crippen molar-refractivity contribution in [1.82, 2.24) is 4.90 Å². The lowest BCUT2D eigenvalue weighted by Crippen LogP contribution is -2.19. The highest BCUT2D eigenvalue weighted by atomic mass is 15.1. The molecule has 0 unspecified atom stereocenters. The lowest BCUT2D eigenvalue weighted by Gasteiger charge is -2.11. The summed E-state index contributed by atoms with van der Waals surface area (Å²) in [5.74, 6) is 0.884. The molecule has 134 valence electrons. The highest BCUT2D eigenvalue weighted by molar-refractivity contribution is 4.64. The van der Waals surface area contributed by atoms with Crippen LogP contribution in [0.5, 0.6) is 0 Å². The van der Waals surface area contributed by atoms with Gasteiger partial charge in [0.25, 0.3) is 0 Å². The molecule has 0 radical (unpaired) electrons. The summed E-state index contributed by atoms with van der Waals surface area (Å²) in [7, 11) is 0. The minimum absolute atomic E-state index is 0.884. The lowest BCUT2D eigenvalue weighted by molar-refractivity contribution is 0.339. The molecule has 1 nitrogen and oxygen atoms in total. The molecule has 0 aromatic rings. The average Bonchev–Trinajstić information content (AvgIpc) is 3.05. The molecule has 0 aromatic carbocycles. The number of rotatable bonds is 4. The predicted molar refractivity (Wildman–Crippen MR) is 104 cm³/mol. The first-order chi connectivity index (χ1) is 10.1. The van der Waals surface area contributed by atoms with Crippen LogP contribution in [0.1, 0.15) is 108 Å². The van der Waals surface area contributed by atoms with E-state index in [1.165, 1.54) is 58.2 Å². The van der Waals surface area contributed by atoms with Crippen molar-refractivity contribution in [2.24, 2.45) is 5.92 Å². The molecular formula is C20H49N. The quantitative estimate of drug-likeness (QED) is 0.523. The van der Waals surface area contributed by atoms with Gasteiger partial charge in [-0.15, -0.1) is 0 Å². The first-order valence-electron chi connectivity index (χ1n) is 9.84. The van der Waals surface area contributed by atoms with E-state index < -0.39 is 0 Å². The molecule has 0 saturated carbocycles.